The lowest BCUT2D eigenvalue weighted by Gasteiger charge is -2.12. The van der Waals surface area contributed by atoms with Crippen LogP contribution in [-0.4, -0.2) is 49.1 Å². The normalized spacial score (nSPS) is 13.1. The number of carbonyl (C=O) groups is 1. The summed E-state index contributed by atoms with van der Waals surface area (Å²) in [6, 6.07) is -0.772. The summed E-state index contributed by atoms with van der Waals surface area (Å²) >= 11 is 1.56. The molecule has 0 aromatic rings. The van der Waals surface area contributed by atoms with Crippen LogP contribution in [0.1, 0.15) is 6.42 Å². The standard InChI is InChI=1S/C8H17NO4S/c1-12-7(13-2)5-14-4-3-6(9)8(10)11/h6-7H,3-5,9H2,1-2H3,(H,10,11). The van der Waals surface area contributed by atoms with Crippen molar-refractivity contribution in [2.75, 3.05) is 25.7 Å². The maximum Gasteiger partial charge on any atom is 0.320 e. The van der Waals surface area contributed by atoms with Crippen molar-refractivity contribution in [2.45, 2.75) is 18.8 Å². The third-order valence-corrected chi connectivity index (χ3v) is 2.70. The molecule has 0 aliphatic carbocycles. The Balaban J connectivity index is 3.41. The first-order chi connectivity index (χ1) is 6.61. The maximum atomic E-state index is 10.4. The molecule has 0 bridgehead atoms. The SMILES string of the molecule is COC(CSCCC(N)C(=O)O)OC. The minimum atomic E-state index is -0.958. The average Bonchev–Trinajstić information content (AvgIpc) is 2.17. The first-order valence-electron chi connectivity index (χ1n) is 4.23. The summed E-state index contributed by atoms with van der Waals surface area (Å²) in [5.41, 5.74) is 5.32. The highest BCUT2D eigenvalue weighted by Gasteiger charge is 2.11. The van der Waals surface area contributed by atoms with Gasteiger partial charge in [-0.2, -0.15) is 11.8 Å². The van der Waals surface area contributed by atoms with E-state index in [0.29, 0.717) is 17.9 Å². The van der Waals surface area contributed by atoms with Gasteiger partial charge in [0.05, 0.1) is 0 Å². The number of carboxylic acids is 1. The summed E-state index contributed by atoms with van der Waals surface area (Å²) in [4.78, 5) is 10.4. The topological polar surface area (TPSA) is 81.8 Å². The third-order valence-electron chi connectivity index (χ3n) is 1.67. The summed E-state index contributed by atoms with van der Waals surface area (Å²) in [6.45, 7) is 0. The Kier molecular flexibility index (Phi) is 7.87. The molecule has 0 aliphatic rings. The molecule has 0 saturated heterocycles. The number of hydrogen-bond donors (Lipinski definition) is 2. The van der Waals surface area contributed by atoms with Crippen LogP contribution in [0.15, 0.2) is 0 Å². The van der Waals surface area contributed by atoms with Gasteiger partial charge in [-0.1, -0.05) is 0 Å². The fourth-order valence-electron chi connectivity index (χ4n) is 0.746. The van der Waals surface area contributed by atoms with Gasteiger partial charge in [-0.25, -0.2) is 0 Å². The van der Waals surface area contributed by atoms with Gasteiger partial charge in [0.1, 0.15) is 6.04 Å². The number of rotatable bonds is 8. The second-order valence-corrected chi connectivity index (χ2v) is 3.86. The summed E-state index contributed by atoms with van der Waals surface area (Å²) in [7, 11) is 3.13. The van der Waals surface area contributed by atoms with E-state index < -0.39 is 12.0 Å². The molecule has 0 saturated carbocycles. The van der Waals surface area contributed by atoms with Crippen LogP contribution >= 0.6 is 11.8 Å². The third kappa shape index (κ3) is 6.20. The molecule has 0 aliphatic heterocycles. The van der Waals surface area contributed by atoms with Crippen molar-refractivity contribution < 1.29 is 19.4 Å². The van der Waals surface area contributed by atoms with Crippen LogP contribution < -0.4 is 5.73 Å². The molecule has 3 N–H and O–H groups in total. The minimum absolute atomic E-state index is 0.235. The highest BCUT2D eigenvalue weighted by Crippen LogP contribution is 2.08. The molecule has 5 nitrogen and oxygen atoms in total. The van der Waals surface area contributed by atoms with E-state index in [1.807, 2.05) is 0 Å². The highest BCUT2D eigenvalue weighted by atomic mass is 32.2. The van der Waals surface area contributed by atoms with Gasteiger partial charge in [-0.3, -0.25) is 4.79 Å². The number of thioether (sulfide) groups is 1. The molecule has 1 atom stereocenters. The lowest BCUT2D eigenvalue weighted by atomic mass is 10.2. The summed E-state index contributed by atoms with van der Waals surface area (Å²) in [5.74, 6) is 0.413. The Morgan fingerprint density at radius 3 is 2.50 bits per heavy atom. The fourth-order valence-corrected chi connectivity index (χ4v) is 1.80. The smallest absolute Gasteiger partial charge is 0.320 e. The van der Waals surface area contributed by atoms with Crippen molar-refractivity contribution in [3.8, 4) is 0 Å². The maximum absolute atomic E-state index is 10.4. The van der Waals surface area contributed by atoms with Crippen molar-refractivity contribution in [3.05, 3.63) is 0 Å². The summed E-state index contributed by atoms with van der Waals surface area (Å²) in [5, 5.41) is 8.50. The molecule has 0 amide bonds. The molecule has 0 spiro atoms. The van der Waals surface area contributed by atoms with Crippen molar-refractivity contribution in [2.24, 2.45) is 5.73 Å². The zero-order valence-electron chi connectivity index (χ0n) is 8.43. The lowest BCUT2D eigenvalue weighted by Crippen LogP contribution is -2.30. The molecule has 0 rings (SSSR count). The molecular weight excluding hydrogens is 206 g/mol. The second kappa shape index (κ2) is 8.05. The molecule has 0 aromatic carbocycles. The predicted molar refractivity (Wildman–Crippen MR) is 55.4 cm³/mol. The van der Waals surface area contributed by atoms with E-state index in [0.717, 1.165) is 0 Å². The molecule has 0 fully saturated rings. The van der Waals surface area contributed by atoms with Crippen LogP contribution in [0.25, 0.3) is 0 Å². The van der Waals surface area contributed by atoms with Gasteiger partial charge in [0.2, 0.25) is 0 Å². The van der Waals surface area contributed by atoms with Gasteiger partial charge in [-0.15, -0.1) is 0 Å². The van der Waals surface area contributed by atoms with Crippen LogP contribution in [-0.2, 0) is 14.3 Å². The van der Waals surface area contributed by atoms with Gasteiger partial charge >= 0.3 is 5.97 Å². The Morgan fingerprint density at radius 1 is 1.50 bits per heavy atom. The number of ether oxygens (including phenoxy) is 2. The van der Waals surface area contributed by atoms with E-state index in [-0.39, 0.29) is 6.29 Å². The molecular formula is C8H17NO4S. The van der Waals surface area contributed by atoms with Gasteiger partial charge in [0, 0.05) is 20.0 Å². The van der Waals surface area contributed by atoms with E-state index in [4.69, 9.17) is 20.3 Å². The molecule has 14 heavy (non-hydrogen) atoms. The zero-order chi connectivity index (χ0) is 11.0. The largest absolute Gasteiger partial charge is 0.480 e. The second-order valence-electron chi connectivity index (χ2n) is 2.71. The van der Waals surface area contributed by atoms with E-state index in [1.165, 1.54) is 0 Å². The van der Waals surface area contributed by atoms with E-state index in [1.54, 1.807) is 26.0 Å². The van der Waals surface area contributed by atoms with Gasteiger partial charge in [-0.05, 0) is 12.2 Å². The molecule has 0 heterocycles. The van der Waals surface area contributed by atoms with Gasteiger partial charge in [0.15, 0.2) is 6.29 Å². The van der Waals surface area contributed by atoms with Gasteiger partial charge in [0.25, 0.3) is 0 Å². The van der Waals surface area contributed by atoms with Crippen LogP contribution in [0.4, 0.5) is 0 Å². The van der Waals surface area contributed by atoms with Crippen molar-refractivity contribution >= 4 is 17.7 Å². The Morgan fingerprint density at radius 2 is 2.07 bits per heavy atom. The van der Waals surface area contributed by atoms with Gasteiger partial charge < -0.3 is 20.3 Å². The van der Waals surface area contributed by atoms with E-state index in [9.17, 15) is 4.79 Å². The summed E-state index contributed by atoms with van der Waals surface area (Å²) < 4.78 is 9.93. The monoisotopic (exact) mass is 223 g/mol. The molecule has 0 aromatic heterocycles. The molecule has 0 radical (unpaired) electrons. The molecule has 1 unspecified atom stereocenters. The highest BCUT2D eigenvalue weighted by molar-refractivity contribution is 7.99. The van der Waals surface area contributed by atoms with Crippen LogP contribution in [0.5, 0.6) is 0 Å². The zero-order valence-corrected chi connectivity index (χ0v) is 9.25. The lowest BCUT2D eigenvalue weighted by molar-refractivity contribution is -0.138. The minimum Gasteiger partial charge on any atom is -0.480 e. The number of carboxylic acid groups (broad SMARTS) is 1. The van der Waals surface area contributed by atoms with Crippen molar-refractivity contribution in [1.82, 2.24) is 0 Å². The van der Waals surface area contributed by atoms with Crippen molar-refractivity contribution in [1.29, 1.82) is 0 Å². The predicted octanol–water partition coefficient (Wildman–Crippen LogP) is 0.141. The number of methoxy groups -OCH3 is 2. The quantitative estimate of drug-likeness (QED) is 0.450. The Bertz CT molecular complexity index is 163. The number of nitrogens with two attached hydrogens (primary N) is 1. The van der Waals surface area contributed by atoms with Crippen LogP contribution in [0.3, 0.4) is 0 Å². The fraction of sp³-hybridized carbons (Fsp3) is 0.875. The first-order valence-corrected chi connectivity index (χ1v) is 5.39. The average molecular weight is 223 g/mol. The van der Waals surface area contributed by atoms with Crippen LogP contribution in [0, 0.1) is 0 Å². The Labute approximate surface area is 87.9 Å². The van der Waals surface area contributed by atoms with Crippen molar-refractivity contribution in [3.63, 3.8) is 0 Å². The Hall–Kier alpha value is -0.300. The van der Waals surface area contributed by atoms with E-state index >= 15 is 0 Å². The number of aliphatic carboxylic acids is 1. The van der Waals surface area contributed by atoms with Crippen LogP contribution in [0.2, 0.25) is 0 Å². The summed E-state index contributed by atoms with van der Waals surface area (Å²) in [6.07, 6.45) is 0.223. The van der Waals surface area contributed by atoms with E-state index in [2.05, 4.69) is 0 Å². The number of hydrogen-bond acceptors (Lipinski definition) is 5. The first kappa shape index (κ1) is 13.7. The molecule has 6 heteroatoms. The molecule has 84 valence electrons.